The number of benzene rings is 2. The van der Waals surface area contributed by atoms with E-state index in [0.717, 1.165) is 49.4 Å². The number of rotatable bonds is 4. The summed E-state index contributed by atoms with van der Waals surface area (Å²) >= 11 is 3.54. The van der Waals surface area contributed by atoms with Crippen molar-refractivity contribution >= 4 is 27.6 Å². The SMILES string of the molecule is Brc1ccc(-c2nn(Cc3ccccc3)cc2C=C2c3cccnc3-c3ncccc32)cc1. The van der Waals surface area contributed by atoms with E-state index in [0.29, 0.717) is 6.54 Å². The lowest BCUT2D eigenvalue weighted by Gasteiger charge is -2.03. The molecule has 0 spiro atoms. The van der Waals surface area contributed by atoms with Gasteiger partial charge in [-0.2, -0.15) is 5.10 Å². The van der Waals surface area contributed by atoms with Crippen LogP contribution in [0.15, 0.2) is 102 Å². The Bertz CT molecular complexity index is 1440. The molecule has 1 aliphatic rings. The van der Waals surface area contributed by atoms with Crippen LogP contribution in [-0.4, -0.2) is 19.7 Å². The molecule has 5 aromatic rings. The standard InChI is InChI=1S/C28H19BrN4/c29-22-12-10-20(11-13-22)26-21(18-33(32-26)17-19-6-2-1-3-7-19)16-25-23-8-4-14-30-27(23)28-24(25)9-5-15-31-28/h1-16,18H,17H2. The van der Waals surface area contributed by atoms with Gasteiger partial charge in [-0.05, 0) is 41.5 Å². The van der Waals surface area contributed by atoms with Gasteiger partial charge in [0, 0.05) is 45.3 Å². The Labute approximate surface area is 200 Å². The van der Waals surface area contributed by atoms with Crippen LogP contribution in [0.3, 0.4) is 0 Å². The molecule has 0 bridgehead atoms. The van der Waals surface area contributed by atoms with E-state index in [4.69, 9.17) is 5.10 Å². The van der Waals surface area contributed by atoms with Crippen LogP contribution in [-0.2, 0) is 6.54 Å². The topological polar surface area (TPSA) is 43.6 Å². The Hall–Kier alpha value is -3.83. The summed E-state index contributed by atoms with van der Waals surface area (Å²) in [5, 5.41) is 4.98. The second kappa shape index (κ2) is 8.26. The van der Waals surface area contributed by atoms with Gasteiger partial charge in [0.1, 0.15) is 0 Å². The monoisotopic (exact) mass is 490 g/mol. The van der Waals surface area contributed by atoms with Gasteiger partial charge in [0.05, 0.1) is 23.6 Å². The average molecular weight is 491 g/mol. The number of hydrogen-bond donors (Lipinski definition) is 0. The largest absolute Gasteiger partial charge is 0.267 e. The van der Waals surface area contributed by atoms with E-state index in [1.807, 2.05) is 35.3 Å². The molecule has 0 fully saturated rings. The molecule has 0 radical (unpaired) electrons. The third kappa shape index (κ3) is 3.70. The molecule has 1 aliphatic carbocycles. The zero-order valence-corrected chi connectivity index (χ0v) is 19.3. The maximum absolute atomic E-state index is 4.98. The summed E-state index contributed by atoms with van der Waals surface area (Å²) in [6.07, 6.45) is 8.00. The lowest BCUT2D eigenvalue weighted by Crippen LogP contribution is -1.99. The fourth-order valence-corrected chi connectivity index (χ4v) is 4.57. The summed E-state index contributed by atoms with van der Waals surface area (Å²) < 4.78 is 3.06. The van der Waals surface area contributed by atoms with Crippen molar-refractivity contribution in [3.63, 3.8) is 0 Å². The molecule has 3 aromatic heterocycles. The minimum atomic E-state index is 0.712. The zero-order valence-electron chi connectivity index (χ0n) is 17.7. The van der Waals surface area contributed by atoms with Crippen LogP contribution in [0.4, 0.5) is 0 Å². The van der Waals surface area contributed by atoms with Gasteiger partial charge in [0.25, 0.3) is 0 Å². The van der Waals surface area contributed by atoms with E-state index in [2.05, 4.69) is 98.8 Å². The van der Waals surface area contributed by atoms with Crippen molar-refractivity contribution in [3.8, 4) is 22.6 Å². The molecule has 3 heterocycles. The lowest BCUT2D eigenvalue weighted by molar-refractivity contribution is 0.689. The Morgan fingerprint density at radius 2 is 1.39 bits per heavy atom. The first kappa shape index (κ1) is 19.8. The van der Waals surface area contributed by atoms with Gasteiger partial charge in [-0.3, -0.25) is 14.6 Å². The van der Waals surface area contributed by atoms with E-state index in [1.54, 1.807) is 0 Å². The zero-order chi connectivity index (χ0) is 22.2. The molecule has 0 saturated carbocycles. The van der Waals surface area contributed by atoms with Crippen molar-refractivity contribution in [1.29, 1.82) is 0 Å². The lowest BCUT2D eigenvalue weighted by atomic mass is 10.0. The molecule has 0 atom stereocenters. The number of nitrogens with zero attached hydrogens (tertiary/aromatic N) is 4. The van der Waals surface area contributed by atoms with E-state index in [9.17, 15) is 0 Å². The van der Waals surface area contributed by atoms with Crippen LogP contribution >= 0.6 is 15.9 Å². The van der Waals surface area contributed by atoms with Crippen molar-refractivity contribution in [2.24, 2.45) is 0 Å². The maximum Gasteiger partial charge on any atom is 0.0995 e. The van der Waals surface area contributed by atoms with E-state index < -0.39 is 0 Å². The van der Waals surface area contributed by atoms with Crippen molar-refractivity contribution in [2.75, 3.05) is 0 Å². The highest BCUT2D eigenvalue weighted by Crippen LogP contribution is 2.43. The van der Waals surface area contributed by atoms with E-state index in [-0.39, 0.29) is 0 Å². The van der Waals surface area contributed by atoms with E-state index >= 15 is 0 Å². The predicted molar refractivity (Wildman–Crippen MR) is 135 cm³/mol. The molecule has 6 rings (SSSR count). The van der Waals surface area contributed by atoms with Gasteiger partial charge in [-0.25, -0.2) is 0 Å². The second-order valence-corrected chi connectivity index (χ2v) is 8.90. The van der Waals surface area contributed by atoms with Crippen molar-refractivity contribution < 1.29 is 0 Å². The highest BCUT2D eigenvalue weighted by molar-refractivity contribution is 9.10. The van der Waals surface area contributed by atoms with Crippen LogP contribution in [0.1, 0.15) is 22.3 Å². The van der Waals surface area contributed by atoms with Gasteiger partial charge in [0.2, 0.25) is 0 Å². The molecule has 0 amide bonds. The first-order valence-corrected chi connectivity index (χ1v) is 11.6. The molecule has 5 heteroatoms. The predicted octanol–water partition coefficient (Wildman–Crippen LogP) is 6.72. The van der Waals surface area contributed by atoms with Gasteiger partial charge in [-0.1, -0.05) is 70.5 Å². The summed E-state index contributed by atoms with van der Waals surface area (Å²) in [6, 6.07) is 26.9. The van der Waals surface area contributed by atoms with Crippen LogP contribution in [0.2, 0.25) is 0 Å². The molecule has 158 valence electrons. The van der Waals surface area contributed by atoms with Crippen molar-refractivity contribution in [3.05, 3.63) is 124 Å². The first-order valence-electron chi connectivity index (χ1n) is 10.8. The Balaban J connectivity index is 1.51. The number of pyridine rings is 2. The summed E-state index contributed by atoms with van der Waals surface area (Å²) in [6.45, 7) is 0.712. The van der Waals surface area contributed by atoms with Crippen LogP contribution in [0.5, 0.6) is 0 Å². The quantitative estimate of drug-likeness (QED) is 0.275. The average Bonchev–Trinajstić information content (AvgIpc) is 3.40. The van der Waals surface area contributed by atoms with Crippen LogP contribution < -0.4 is 0 Å². The molecule has 4 nitrogen and oxygen atoms in total. The Morgan fingerprint density at radius 1 is 0.727 bits per heavy atom. The van der Waals surface area contributed by atoms with Gasteiger partial charge >= 0.3 is 0 Å². The molecule has 0 unspecified atom stereocenters. The first-order chi connectivity index (χ1) is 16.3. The minimum Gasteiger partial charge on any atom is -0.267 e. The van der Waals surface area contributed by atoms with Gasteiger partial charge in [0.15, 0.2) is 0 Å². The summed E-state index contributed by atoms with van der Waals surface area (Å²) in [7, 11) is 0. The summed E-state index contributed by atoms with van der Waals surface area (Å²) in [5.41, 5.74) is 9.50. The Kier molecular flexibility index (Phi) is 4.96. The van der Waals surface area contributed by atoms with Gasteiger partial charge in [-0.15, -0.1) is 0 Å². The third-order valence-electron chi connectivity index (χ3n) is 5.81. The number of fused-ring (bicyclic) bond motifs is 3. The van der Waals surface area contributed by atoms with Crippen molar-refractivity contribution in [1.82, 2.24) is 19.7 Å². The molecular formula is C28H19BrN4. The molecule has 0 N–H and O–H groups in total. The molecule has 0 aliphatic heterocycles. The fraction of sp³-hybridized carbons (Fsp3) is 0.0357. The number of hydrogen-bond acceptors (Lipinski definition) is 3. The van der Waals surface area contributed by atoms with E-state index in [1.165, 1.54) is 5.56 Å². The van der Waals surface area contributed by atoms with Crippen molar-refractivity contribution in [2.45, 2.75) is 6.54 Å². The third-order valence-corrected chi connectivity index (χ3v) is 6.34. The molecule has 0 saturated heterocycles. The van der Waals surface area contributed by atoms with Crippen LogP contribution in [0, 0.1) is 0 Å². The molecule has 2 aromatic carbocycles. The Morgan fingerprint density at radius 3 is 2.06 bits per heavy atom. The highest BCUT2D eigenvalue weighted by atomic mass is 79.9. The molecule has 33 heavy (non-hydrogen) atoms. The summed E-state index contributed by atoms with van der Waals surface area (Å²) in [4.78, 5) is 9.23. The number of halogens is 1. The highest BCUT2D eigenvalue weighted by Gasteiger charge is 2.26. The fourth-order valence-electron chi connectivity index (χ4n) is 4.30. The summed E-state index contributed by atoms with van der Waals surface area (Å²) in [5.74, 6) is 0. The molecular weight excluding hydrogens is 472 g/mol. The minimum absolute atomic E-state index is 0.712. The normalized spacial score (nSPS) is 11.8. The maximum atomic E-state index is 4.98. The second-order valence-electron chi connectivity index (χ2n) is 7.98. The number of aromatic nitrogens is 4. The smallest absolute Gasteiger partial charge is 0.0995 e. The van der Waals surface area contributed by atoms with Crippen LogP contribution in [0.25, 0.3) is 34.3 Å². The van der Waals surface area contributed by atoms with Gasteiger partial charge < -0.3 is 0 Å².